The number of benzene rings is 1. The maximum absolute atomic E-state index is 12.9. The second kappa shape index (κ2) is 5.60. The molecule has 0 spiro atoms. The van der Waals surface area contributed by atoms with Crippen LogP contribution in [0.25, 0.3) is 0 Å². The lowest BCUT2D eigenvalue weighted by Crippen LogP contribution is -2.48. The summed E-state index contributed by atoms with van der Waals surface area (Å²) in [4.78, 5) is 16.2. The van der Waals surface area contributed by atoms with Gasteiger partial charge in [-0.25, -0.2) is 4.39 Å². The number of anilines is 1. The molecule has 0 bridgehead atoms. The van der Waals surface area contributed by atoms with E-state index in [2.05, 4.69) is 4.90 Å². The molecule has 1 amide bonds. The monoisotopic (exact) mass is 288 g/mol. The number of nitrogens with zero attached hydrogens (tertiary/aromatic N) is 2. The van der Waals surface area contributed by atoms with Crippen molar-refractivity contribution < 1.29 is 13.6 Å². The van der Waals surface area contributed by atoms with Gasteiger partial charge in [0.15, 0.2) is 5.76 Å². The molecule has 1 aromatic heterocycles. The highest BCUT2D eigenvalue weighted by atomic mass is 19.1. The van der Waals surface area contributed by atoms with Gasteiger partial charge in [-0.15, -0.1) is 0 Å². The number of furan rings is 1. The van der Waals surface area contributed by atoms with Crippen LogP contribution in [0.2, 0.25) is 0 Å². The molecule has 1 aliphatic heterocycles. The summed E-state index contributed by atoms with van der Waals surface area (Å²) in [5, 5.41) is 0. The van der Waals surface area contributed by atoms with Crippen LogP contribution in [-0.2, 0) is 0 Å². The predicted molar refractivity (Wildman–Crippen MR) is 78.0 cm³/mol. The Hall–Kier alpha value is -2.30. The molecule has 0 unspecified atom stereocenters. The average molecular weight is 288 g/mol. The van der Waals surface area contributed by atoms with Crippen molar-refractivity contribution >= 4 is 11.6 Å². The maximum atomic E-state index is 12.9. The van der Waals surface area contributed by atoms with Crippen molar-refractivity contribution in [2.75, 3.05) is 31.1 Å². The zero-order valence-corrected chi connectivity index (χ0v) is 11.9. The van der Waals surface area contributed by atoms with Crippen LogP contribution in [0.15, 0.2) is 40.8 Å². The molecule has 4 nitrogen and oxygen atoms in total. The molecule has 1 aromatic carbocycles. The molecule has 0 saturated carbocycles. The Morgan fingerprint density at radius 1 is 1.05 bits per heavy atom. The van der Waals surface area contributed by atoms with Crippen LogP contribution < -0.4 is 4.90 Å². The molecule has 3 rings (SSSR count). The van der Waals surface area contributed by atoms with E-state index in [0.717, 1.165) is 24.5 Å². The van der Waals surface area contributed by atoms with Crippen molar-refractivity contribution in [2.24, 2.45) is 0 Å². The maximum Gasteiger partial charge on any atom is 0.289 e. The summed E-state index contributed by atoms with van der Waals surface area (Å²) in [6.07, 6.45) is 0. The molecule has 0 radical (unpaired) electrons. The normalized spacial score (nSPS) is 15.3. The molecule has 110 valence electrons. The number of carbonyl (C=O) groups excluding carboxylic acids is 1. The van der Waals surface area contributed by atoms with Gasteiger partial charge in [0.25, 0.3) is 5.91 Å². The number of carbonyl (C=O) groups is 1. The second-order valence-electron chi connectivity index (χ2n) is 5.17. The molecule has 1 saturated heterocycles. The number of hydrogen-bond donors (Lipinski definition) is 0. The zero-order chi connectivity index (χ0) is 14.8. The van der Waals surface area contributed by atoms with Crippen LogP contribution in [0, 0.1) is 12.7 Å². The van der Waals surface area contributed by atoms with E-state index in [-0.39, 0.29) is 11.7 Å². The molecule has 1 fully saturated rings. The second-order valence-corrected chi connectivity index (χ2v) is 5.17. The predicted octanol–water partition coefficient (Wildman–Crippen LogP) is 2.69. The minimum atomic E-state index is -0.235. The van der Waals surface area contributed by atoms with Gasteiger partial charge in [0.1, 0.15) is 11.6 Å². The van der Waals surface area contributed by atoms with Crippen LogP contribution in [0.3, 0.4) is 0 Å². The number of piperazine rings is 1. The zero-order valence-electron chi connectivity index (χ0n) is 11.9. The molecule has 21 heavy (non-hydrogen) atoms. The fourth-order valence-corrected chi connectivity index (χ4v) is 2.52. The fraction of sp³-hybridized carbons (Fsp3) is 0.312. The van der Waals surface area contributed by atoms with Gasteiger partial charge in [-0.1, -0.05) is 0 Å². The Balaban J connectivity index is 1.62. The Labute approximate surface area is 122 Å². The van der Waals surface area contributed by atoms with Gasteiger partial charge >= 0.3 is 0 Å². The van der Waals surface area contributed by atoms with Crippen molar-refractivity contribution in [1.29, 1.82) is 0 Å². The number of rotatable bonds is 2. The first kappa shape index (κ1) is 13.7. The van der Waals surface area contributed by atoms with Crippen LogP contribution in [-0.4, -0.2) is 37.0 Å². The highest BCUT2D eigenvalue weighted by Gasteiger charge is 2.24. The van der Waals surface area contributed by atoms with Gasteiger partial charge in [0.2, 0.25) is 0 Å². The summed E-state index contributed by atoms with van der Waals surface area (Å²) in [6, 6.07) is 9.95. The van der Waals surface area contributed by atoms with Gasteiger partial charge in [-0.2, -0.15) is 0 Å². The van der Waals surface area contributed by atoms with E-state index in [4.69, 9.17) is 4.42 Å². The van der Waals surface area contributed by atoms with Crippen LogP contribution >= 0.6 is 0 Å². The Kier molecular flexibility index (Phi) is 3.64. The van der Waals surface area contributed by atoms with E-state index in [1.54, 1.807) is 29.2 Å². The van der Waals surface area contributed by atoms with Gasteiger partial charge in [0, 0.05) is 31.9 Å². The topological polar surface area (TPSA) is 36.7 Å². The molecule has 0 aliphatic carbocycles. The standard InChI is InChI=1S/C16H17FN2O2/c1-12-2-7-15(21-12)16(20)19-10-8-18(9-11-19)14-5-3-13(17)4-6-14/h2-7H,8-11H2,1H3. The molecule has 1 aliphatic rings. The minimum Gasteiger partial charge on any atom is -0.456 e. The van der Waals surface area contributed by atoms with E-state index in [1.165, 1.54) is 12.1 Å². The van der Waals surface area contributed by atoms with Gasteiger partial charge in [-0.3, -0.25) is 4.79 Å². The number of halogens is 1. The SMILES string of the molecule is Cc1ccc(C(=O)N2CCN(c3ccc(F)cc3)CC2)o1. The summed E-state index contributed by atoms with van der Waals surface area (Å²) < 4.78 is 18.3. The van der Waals surface area contributed by atoms with Crippen molar-refractivity contribution in [3.63, 3.8) is 0 Å². The summed E-state index contributed by atoms with van der Waals surface area (Å²) in [7, 11) is 0. The molecule has 0 N–H and O–H groups in total. The summed E-state index contributed by atoms with van der Waals surface area (Å²) >= 11 is 0. The van der Waals surface area contributed by atoms with Crippen LogP contribution in [0.5, 0.6) is 0 Å². The lowest BCUT2D eigenvalue weighted by atomic mass is 10.2. The molecule has 5 heteroatoms. The summed E-state index contributed by atoms with van der Waals surface area (Å²) in [6.45, 7) is 4.56. The van der Waals surface area contributed by atoms with E-state index >= 15 is 0 Å². The van der Waals surface area contributed by atoms with Gasteiger partial charge in [0.05, 0.1) is 0 Å². The van der Waals surface area contributed by atoms with Gasteiger partial charge in [-0.05, 0) is 43.3 Å². The Bertz CT molecular complexity index is 628. The van der Waals surface area contributed by atoms with E-state index < -0.39 is 0 Å². The fourth-order valence-electron chi connectivity index (χ4n) is 2.52. The van der Waals surface area contributed by atoms with E-state index in [1.807, 2.05) is 6.92 Å². The van der Waals surface area contributed by atoms with E-state index in [9.17, 15) is 9.18 Å². The third kappa shape index (κ3) is 2.91. The number of aryl methyl sites for hydroxylation is 1. The molecular weight excluding hydrogens is 271 g/mol. The highest BCUT2D eigenvalue weighted by molar-refractivity contribution is 5.91. The van der Waals surface area contributed by atoms with Crippen molar-refractivity contribution in [3.8, 4) is 0 Å². The smallest absolute Gasteiger partial charge is 0.289 e. The summed E-state index contributed by atoms with van der Waals surface area (Å²) in [5.74, 6) is 0.827. The molecule has 0 atom stereocenters. The minimum absolute atomic E-state index is 0.0677. The number of amides is 1. The molecule has 2 heterocycles. The molecular formula is C16H17FN2O2. The van der Waals surface area contributed by atoms with Crippen LogP contribution in [0.1, 0.15) is 16.3 Å². The first-order valence-electron chi connectivity index (χ1n) is 7.00. The quantitative estimate of drug-likeness (QED) is 0.852. The number of hydrogen-bond acceptors (Lipinski definition) is 3. The molecule has 2 aromatic rings. The summed E-state index contributed by atoms with van der Waals surface area (Å²) in [5.41, 5.74) is 0.984. The van der Waals surface area contributed by atoms with Crippen molar-refractivity contribution in [2.45, 2.75) is 6.92 Å². The Morgan fingerprint density at radius 3 is 2.29 bits per heavy atom. The highest BCUT2D eigenvalue weighted by Crippen LogP contribution is 2.18. The average Bonchev–Trinajstić information content (AvgIpc) is 2.94. The third-order valence-corrected chi connectivity index (χ3v) is 3.71. The van der Waals surface area contributed by atoms with Crippen LogP contribution in [0.4, 0.5) is 10.1 Å². The van der Waals surface area contributed by atoms with Crippen molar-refractivity contribution in [3.05, 3.63) is 53.7 Å². The first-order valence-corrected chi connectivity index (χ1v) is 7.00. The van der Waals surface area contributed by atoms with E-state index in [0.29, 0.717) is 18.8 Å². The lowest BCUT2D eigenvalue weighted by molar-refractivity contribution is 0.0713. The van der Waals surface area contributed by atoms with Crippen molar-refractivity contribution in [1.82, 2.24) is 4.90 Å². The Morgan fingerprint density at radius 2 is 1.71 bits per heavy atom. The van der Waals surface area contributed by atoms with Gasteiger partial charge < -0.3 is 14.2 Å². The first-order chi connectivity index (χ1) is 10.1. The third-order valence-electron chi connectivity index (χ3n) is 3.71. The lowest BCUT2D eigenvalue weighted by Gasteiger charge is -2.35. The largest absolute Gasteiger partial charge is 0.456 e.